The Morgan fingerprint density at radius 2 is 1.86 bits per heavy atom. The van der Waals surface area contributed by atoms with Crippen LogP contribution in [-0.2, 0) is 16.6 Å². The zero-order valence-corrected chi connectivity index (χ0v) is 13.9. The van der Waals surface area contributed by atoms with Crippen LogP contribution >= 0.6 is 0 Å². The summed E-state index contributed by atoms with van der Waals surface area (Å²) in [5.74, 6) is 0.852. The molecule has 8 heteroatoms. The van der Waals surface area contributed by atoms with E-state index in [-0.39, 0.29) is 10.8 Å². The second-order valence-corrected chi connectivity index (χ2v) is 7.55. The monoisotopic (exact) mass is 324 g/mol. The van der Waals surface area contributed by atoms with Crippen molar-refractivity contribution in [2.45, 2.75) is 31.2 Å². The number of nitrogens with zero attached hydrogens (tertiary/aromatic N) is 3. The molecule has 120 valence electrons. The van der Waals surface area contributed by atoms with Gasteiger partial charge in [-0.15, -0.1) is 0 Å². The Balaban J connectivity index is 2.02. The highest BCUT2D eigenvalue weighted by atomic mass is 32.2. The summed E-state index contributed by atoms with van der Waals surface area (Å²) >= 11 is 0. The zero-order chi connectivity index (χ0) is 16.3. The van der Waals surface area contributed by atoms with Crippen molar-refractivity contribution in [2.75, 3.05) is 19.4 Å². The molecule has 22 heavy (non-hydrogen) atoms. The third-order valence-corrected chi connectivity index (χ3v) is 4.93. The molecule has 7 nitrogen and oxygen atoms in total. The van der Waals surface area contributed by atoms with Crippen molar-refractivity contribution in [1.82, 2.24) is 14.4 Å². The molecule has 0 saturated heterocycles. The highest BCUT2D eigenvalue weighted by Crippen LogP contribution is 2.16. The Labute approximate surface area is 130 Å². The summed E-state index contributed by atoms with van der Waals surface area (Å²) in [6.07, 6.45) is 0. The Morgan fingerprint density at radius 3 is 2.36 bits per heavy atom. The summed E-state index contributed by atoms with van der Waals surface area (Å²) in [5.41, 5.74) is 0.919. The normalized spacial score (nSPS) is 12.1. The van der Waals surface area contributed by atoms with Crippen LogP contribution in [0.2, 0.25) is 0 Å². The van der Waals surface area contributed by atoms with Crippen LogP contribution in [0.15, 0.2) is 33.7 Å². The van der Waals surface area contributed by atoms with Gasteiger partial charge in [0.25, 0.3) is 0 Å². The molecule has 1 aromatic carbocycles. The van der Waals surface area contributed by atoms with E-state index in [0.29, 0.717) is 18.4 Å². The highest BCUT2D eigenvalue weighted by molar-refractivity contribution is 7.89. The van der Waals surface area contributed by atoms with Gasteiger partial charge in [0.2, 0.25) is 10.0 Å². The molecule has 0 radical (unpaired) electrons. The number of anilines is 1. The van der Waals surface area contributed by atoms with Crippen LogP contribution in [-0.4, -0.2) is 37.0 Å². The summed E-state index contributed by atoms with van der Waals surface area (Å²) in [6, 6.07) is 7.03. The van der Waals surface area contributed by atoms with Crippen LogP contribution in [0, 0.1) is 0 Å². The van der Waals surface area contributed by atoms with E-state index in [2.05, 4.69) is 15.5 Å². The molecule has 0 aliphatic carbocycles. The van der Waals surface area contributed by atoms with Crippen LogP contribution in [0.1, 0.15) is 31.2 Å². The summed E-state index contributed by atoms with van der Waals surface area (Å²) in [5, 5.41) is 6.88. The van der Waals surface area contributed by atoms with Crippen LogP contribution in [0.5, 0.6) is 0 Å². The minimum absolute atomic E-state index is 0.204. The lowest BCUT2D eigenvalue weighted by Crippen LogP contribution is -2.22. The van der Waals surface area contributed by atoms with E-state index in [4.69, 9.17) is 4.52 Å². The lowest BCUT2D eigenvalue weighted by Gasteiger charge is -2.11. The average molecular weight is 324 g/mol. The molecule has 2 aromatic rings. The van der Waals surface area contributed by atoms with Gasteiger partial charge >= 0.3 is 6.01 Å². The van der Waals surface area contributed by atoms with E-state index >= 15 is 0 Å². The van der Waals surface area contributed by atoms with E-state index in [1.807, 2.05) is 13.8 Å². The van der Waals surface area contributed by atoms with Gasteiger partial charge in [-0.2, -0.15) is 4.98 Å². The van der Waals surface area contributed by atoms with Gasteiger partial charge in [-0.3, -0.25) is 0 Å². The minimum atomic E-state index is -3.39. The largest absolute Gasteiger partial charge is 0.334 e. The molecule has 1 aromatic heterocycles. The Kier molecular flexibility index (Phi) is 4.82. The predicted octanol–water partition coefficient (Wildman–Crippen LogP) is 2.06. The first-order valence-electron chi connectivity index (χ1n) is 6.89. The number of hydrogen-bond acceptors (Lipinski definition) is 6. The fourth-order valence-corrected chi connectivity index (χ4v) is 2.61. The summed E-state index contributed by atoms with van der Waals surface area (Å²) in [4.78, 5) is 4.48. The number of sulfonamides is 1. The molecule has 2 rings (SSSR count). The second kappa shape index (κ2) is 6.45. The molecule has 0 aliphatic heterocycles. The lowest BCUT2D eigenvalue weighted by atomic mass is 10.2. The van der Waals surface area contributed by atoms with Gasteiger partial charge in [-0.25, -0.2) is 12.7 Å². The molecule has 0 spiro atoms. The number of hydrogen-bond donors (Lipinski definition) is 1. The summed E-state index contributed by atoms with van der Waals surface area (Å²) < 4.78 is 30.2. The van der Waals surface area contributed by atoms with Gasteiger partial charge in [0.1, 0.15) is 0 Å². The molecule has 1 N–H and O–H groups in total. The van der Waals surface area contributed by atoms with E-state index in [1.165, 1.54) is 18.4 Å². The first kappa shape index (κ1) is 16.4. The Bertz CT molecular complexity index is 721. The number of aromatic nitrogens is 2. The van der Waals surface area contributed by atoms with Crippen LogP contribution in [0.3, 0.4) is 0 Å². The molecule has 0 fully saturated rings. The van der Waals surface area contributed by atoms with Crippen molar-refractivity contribution in [3.05, 3.63) is 35.7 Å². The molecule has 1 heterocycles. The average Bonchev–Trinajstić information content (AvgIpc) is 2.94. The van der Waals surface area contributed by atoms with Crippen LogP contribution in [0.4, 0.5) is 6.01 Å². The van der Waals surface area contributed by atoms with Gasteiger partial charge in [-0.05, 0) is 17.7 Å². The van der Waals surface area contributed by atoms with Crippen LogP contribution < -0.4 is 5.32 Å². The van der Waals surface area contributed by atoms with Gasteiger partial charge in [0.05, 0.1) is 4.90 Å². The van der Waals surface area contributed by atoms with E-state index in [9.17, 15) is 8.42 Å². The third-order valence-electron chi connectivity index (χ3n) is 3.10. The minimum Gasteiger partial charge on any atom is -0.334 e. The molecule has 0 saturated carbocycles. The molecular formula is C14H20N4O3S. The van der Waals surface area contributed by atoms with Crippen molar-refractivity contribution in [2.24, 2.45) is 0 Å². The second-order valence-electron chi connectivity index (χ2n) is 5.40. The first-order valence-corrected chi connectivity index (χ1v) is 8.33. The quantitative estimate of drug-likeness (QED) is 0.875. The molecule has 0 bridgehead atoms. The molecule has 0 unspecified atom stereocenters. The first-order chi connectivity index (χ1) is 10.3. The Hall–Kier alpha value is -1.93. The number of rotatable bonds is 6. The van der Waals surface area contributed by atoms with Crippen molar-refractivity contribution in [3.8, 4) is 0 Å². The molecule has 0 atom stereocenters. The van der Waals surface area contributed by atoms with Crippen molar-refractivity contribution >= 4 is 16.0 Å². The molecule has 0 aliphatic rings. The van der Waals surface area contributed by atoms with Gasteiger partial charge in [0.15, 0.2) is 5.82 Å². The maximum atomic E-state index is 12.0. The van der Waals surface area contributed by atoms with Crippen molar-refractivity contribution in [3.63, 3.8) is 0 Å². The topological polar surface area (TPSA) is 88.3 Å². The van der Waals surface area contributed by atoms with Gasteiger partial charge in [-0.1, -0.05) is 31.1 Å². The molecule has 0 amide bonds. The molecular weight excluding hydrogens is 304 g/mol. The Morgan fingerprint density at radius 1 is 1.23 bits per heavy atom. The maximum absolute atomic E-state index is 12.0. The lowest BCUT2D eigenvalue weighted by molar-refractivity contribution is 0.419. The maximum Gasteiger partial charge on any atom is 0.321 e. The predicted molar refractivity (Wildman–Crippen MR) is 83.0 cm³/mol. The SMILES string of the molecule is CC(C)c1noc(NCc2ccc(S(=O)(=O)N(C)C)cc2)n1. The smallest absolute Gasteiger partial charge is 0.321 e. The highest BCUT2D eigenvalue weighted by Gasteiger charge is 2.16. The van der Waals surface area contributed by atoms with E-state index in [0.717, 1.165) is 5.56 Å². The van der Waals surface area contributed by atoms with E-state index in [1.54, 1.807) is 24.3 Å². The van der Waals surface area contributed by atoms with Gasteiger partial charge < -0.3 is 9.84 Å². The fourth-order valence-electron chi connectivity index (χ4n) is 1.71. The van der Waals surface area contributed by atoms with Crippen molar-refractivity contribution in [1.29, 1.82) is 0 Å². The van der Waals surface area contributed by atoms with E-state index < -0.39 is 10.0 Å². The fraction of sp³-hybridized carbons (Fsp3) is 0.429. The zero-order valence-electron chi connectivity index (χ0n) is 13.1. The number of nitrogens with one attached hydrogen (secondary N) is 1. The third kappa shape index (κ3) is 3.63. The van der Waals surface area contributed by atoms with Crippen molar-refractivity contribution < 1.29 is 12.9 Å². The van der Waals surface area contributed by atoms with Gasteiger partial charge in [0, 0.05) is 26.6 Å². The number of benzene rings is 1. The standard InChI is InChI=1S/C14H20N4O3S/c1-10(2)13-16-14(21-17-13)15-9-11-5-7-12(8-6-11)22(19,20)18(3)4/h5-8,10H,9H2,1-4H3,(H,15,16,17). The summed E-state index contributed by atoms with van der Waals surface area (Å²) in [7, 11) is -0.382. The summed E-state index contributed by atoms with van der Waals surface area (Å²) in [6.45, 7) is 4.44. The van der Waals surface area contributed by atoms with Crippen LogP contribution in [0.25, 0.3) is 0 Å².